The van der Waals surface area contributed by atoms with Gasteiger partial charge in [0, 0.05) is 38.8 Å². The highest BCUT2D eigenvalue weighted by Gasteiger charge is 2.43. The minimum Gasteiger partial charge on any atom is -0.497 e. The van der Waals surface area contributed by atoms with Crippen LogP contribution in [0.3, 0.4) is 0 Å². The fraction of sp³-hybridized carbons (Fsp3) is 0.400. The third kappa shape index (κ3) is 8.78. The van der Waals surface area contributed by atoms with Crippen LogP contribution in [0, 0.1) is 6.92 Å². The van der Waals surface area contributed by atoms with Crippen molar-refractivity contribution >= 4 is 15.7 Å². The maximum Gasteiger partial charge on any atom is 0.243 e. The zero-order valence-corrected chi connectivity index (χ0v) is 30.6. The first-order chi connectivity index (χ1) is 24.8. The van der Waals surface area contributed by atoms with Gasteiger partial charge in [-0.2, -0.15) is 4.31 Å². The number of methoxy groups -OCH3 is 3. The zero-order valence-electron chi connectivity index (χ0n) is 29.8. The second kappa shape index (κ2) is 16.8. The van der Waals surface area contributed by atoms with Crippen LogP contribution in [0.5, 0.6) is 23.0 Å². The summed E-state index contributed by atoms with van der Waals surface area (Å²) in [5, 5.41) is 0. The van der Waals surface area contributed by atoms with Crippen molar-refractivity contribution in [2.75, 3.05) is 65.7 Å². The summed E-state index contributed by atoms with van der Waals surface area (Å²) in [6.07, 6.45) is 0.949. The van der Waals surface area contributed by atoms with E-state index < -0.39 is 22.2 Å². The van der Waals surface area contributed by atoms with E-state index in [0.29, 0.717) is 37.7 Å². The number of piperidine rings is 1. The van der Waals surface area contributed by atoms with E-state index >= 15 is 0 Å². The highest BCUT2D eigenvalue weighted by molar-refractivity contribution is 7.89. The Bertz CT molecular complexity index is 1830. The summed E-state index contributed by atoms with van der Waals surface area (Å²) in [6.45, 7) is 5.54. The largest absolute Gasteiger partial charge is 0.497 e. The van der Waals surface area contributed by atoms with Gasteiger partial charge in [0.25, 0.3) is 0 Å². The van der Waals surface area contributed by atoms with Crippen molar-refractivity contribution in [3.63, 3.8) is 0 Å². The average molecular weight is 717 g/mol. The molecule has 0 aliphatic carbocycles. The van der Waals surface area contributed by atoms with Crippen LogP contribution in [0.2, 0.25) is 0 Å². The van der Waals surface area contributed by atoms with Crippen molar-refractivity contribution in [2.45, 2.75) is 49.3 Å². The molecule has 10 nitrogen and oxygen atoms in total. The number of aryl methyl sites for hydroxylation is 1. The van der Waals surface area contributed by atoms with Crippen LogP contribution in [0.1, 0.15) is 35.4 Å². The Labute approximate surface area is 301 Å². The molecule has 2 aliphatic heterocycles. The van der Waals surface area contributed by atoms with E-state index in [2.05, 4.69) is 11.0 Å². The Hall–Kier alpha value is -4.29. The van der Waals surface area contributed by atoms with E-state index in [1.54, 1.807) is 43.8 Å². The fourth-order valence-electron chi connectivity index (χ4n) is 6.80. The third-order valence-corrected chi connectivity index (χ3v) is 11.6. The number of sulfonamides is 1. The number of benzene rings is 4. The third-order valence-electron chi connectivity index (χ3n) is 9.62. The molecule has 0 unspecified atom stereocenters. The molecule has 1 fully saturated rings. The van der Waals surface area contributed by atoms with Gasteiger partial charge in [-0.1, -0.05) is 42.0 Å². The number of fused-ring (bicyclic) bond motifs is 1. The van der Waals surface area contributed by atoms with Gasteiger partial charge in [-0.05, 0) is 79.4 Å². The van der Waals surface area contributed by atoms with Crippen molar-refractivity contribution in [3.05, 3.63) is 108 Å². The number of rotatable bonds is 15. The lowest BCUT2D eigenvalue weighted by Crippen LogP contribution is -2.54. The molecular formula is C40H48N2O8S. The van der Waals surface area contributed by atoms with Gasteiger partial charge in [-0.15, -0.1) is 0 Å². The SMILES string of the molecule is COCCCN1CCOc2ccc(CO[C@H]3CN(S(=O)(=O)c4ccc(C)cc4)[C@H](COc4cccc(OC)c4)C[C@@H]3c3ccc(OC)cc3)cc21. The van der Waals surface area contributed by atoms with Crippen LogP contribution in [0.25, 0.3) is 0 Å². The lowest BCUT2D eigenvalue weighted by Gasteiger charge is -2.43. The van der Waals surface area contributed by atoms with Crippen molar-refractivity contribution in [1.82, 2.24) is 4.31 Å². The molecule has 51 heavy (non-hydrogen) atoms. The Morgan fingerprint density at radius 2 is 1.63 bits per heavy atom. The summed E-state index contributed by atoms with van der Waals surface area (Å²) in [6, 6.07) is 28.0. The number of nitrogens with zero attached hydrogens (tertiary/aromatic N) is 2. The first-order valence-electron chi connectivity index (χ1n) is 17.4. The van der Waals surface area contributed by atoms with Gasteiger partial charge in [0.1, 0.15) is 36.2 Å². The zero-order chi connectivity index (χ0) is 35.8. The van der Waals surface area contributed by atoms with E-state index in [4.69, 9.17) is 28.4 Å². The molecule has 0 radical (unpaired) electrons. The van der Waals surface area contributed by atoms with Crippen molar-refractivity contribution in [2.24, 2.45) is 0 Å². The predicted octanol–water partition coefficient (Wildman–Crippen LogP) is 6.46. The summed E-state index contributed by atoms with van der Waals surface area (Å²) in [5.74, 6) is 2.75. The molecule has 2 aliphatic rings. The Balaban J connectivity index is 1.30. The van der Waals surface area contributed by atoms with E-state index in [1.807, 2.05) is 73.7 Å². The highest BCUT2D eigenvalue weighted by Crippen LogP contribution is 2.39. The molecule has 3 atom stereocenters. The summed E-state index contributed by atoms with van der Waals surface area (Å²) in [4.78, 5) is 2.56. The molecule has 2 heterocycles. The topological polar surface area (TPSA) is 96.0 Å². The molecule has 4 aromatic carbocycles. The van der Waals surface area contributed by atoms with Crippen LogP contribution >= 0.6 is 0 Å². The molecule has 4 aromatic rings. The van der Waals surface area contributed by atoms with Crippen LogP contribution in [0.15, 0.2) is 95.9 Å². The molecule has 0 spiro atoms. The Morgan fingerprint density at radius 3 is 2.37 bits per heavy atom. The van der Waals surface area contributed by atoms with Crippen LogP contribution < -0.4 is 23.8 Å². The molecule has 6 rings (SSSR count). The first-order valence-corrected chi connectivity index (χ1v) is 18.8. The highest BCUT2D eigenvalue weighted by atomic mass is 32.2. The fourth-order valence-corrected chi connectivity index (χ4v) is 8.44. The normalized spacial score (nSPS) is 19.2. The smallest absolute Gasteiger partial charge is 0.243 e. The molecule has 0 aromatic heterocycles. The monoisotopic (exact) mass is 716 g/mol. The molecule has 11 heteroatoms. The van der Waals surface area contributed by atoms with Gasteiger partial charge in [0.2, 0.25) is 10.0 Å². The lowest BCUT2D eigenvalue weighted by atomic mass is 9.84. The maximum absolute atomic E-state index is 14.4. The number of hydrogen-bond acceptors (Lipinski definition) is 9. The van der Waals surface area contributed by atoms with Crippen molar-refractivity contribution < 1.29 is 36.8 Å². The van der Waals surface area contributed by atoms with Gasteiger partial charge in [-0.3, -0.25) is 0 Å². The standard InChI is InChI=1S/C40H48N2O8S/c1-29-9-16-36(17-10-29)51(43,44)42-26-40(50-27-30-11-18-39-38(23-30)41(20-22-48-39)19-6-21-45-2)37(31-12-14-33(46-3)15-13-31)24-32(42)28-49-35-8-5-7-34(25-35)47-4/h5,7-18,23,25,32,37,40H,6,19-22,24,26-28H2,1-4H3/t32-,37+,40-/m0/s1. The molecule has 0 N–H and O–H groups in total. The van der Waals surface area contributed by atoms with E-state index in [9.17, 15) is 8.42 Å². The first kappa shape index (κ1) is 36.5. The quantitative estimate of drug-likeness (QED) is 0.129. The summed E-state index contributed by atoms with van der Waals surface area (Å²) in [7, 11) is 1.05. The number of hydrogen-bond donors (Lipinski definition) is 0. The molecular weight excluding hydrogens is 669 g/mol. The second-order valence-electron chi connectivity index (χ2n) is 13.0. The van der Waals surface area contributed by atoms with Crippen LogP contribution in [-0.4, -0.2) is 85.7 Å². The minimum absolute atomic E-state index is 0.120. The minimum atomic E-state index is -3.91. The Kier molecular flexibility index (Phi) is 12.0. The summed E-state index contributed by atoms with van der Waals surface area (Å²) < 4.78 is 65.6. The summed E-state index contributed by atoms with van der Waals surface area (Å²) in [5.41, 5.74) is 4.05. The van der Waals surface area contributed by atoms with Crippen LogP contribution in [0.4, 0.5) is 5.69 Å². The van der Waals surface area contributed by atoms with E-state index in [1.165, 1.54) is 0 Å². The molecule has 0 bridgehead atoms. The van der Waals surface area contributed by atoms with E-state index in [0.717, 1.165) is 53.4 Å². The van der Waals surface area contributed by atoms with Gasteiger partial charge < -0.3 is 33.3 Å². The van der Waals surface area contributed by atoms with Gasteiger partial charge in [0.05, 0.1) is 50.1 Å². The van der Waals surface area contributed by atoms with Crippen LogP contribution in [-0.2, 0) is 26.1 Å². The molecule has 0 amide bonds. The van der Waals surface area contributed by atoms with Gasteiger partial charge >= 0.3 is 0 Å². The Morgan fingerprint density at radius 1 is 0.863 bits per heavy atom. The molecule has 0 saturated carbocycles. The van der Waals surface area contributed by atoms with E-state index in [-0.39, 0.29) is 24.0 Å². The summed E-state index contributed by atoms with van der Waals surface area (Å²) >= 11 is 0. The second-order valence-corrected chi connectivity index (χ2v) is 14.9. The van der Waals surface area contributed by atoms with Crippen molar-refractivity contribution in [3.8, 4) is 23.0 Å². The molecule has 1 saturated heterocycles. The molecule has 272 valence electrons. The van der Waals surface area contributed by atoms with Crippen molar-refractivity contribution in [1.29, 1.82) is 0 Å². The maximum atomic E-state index is 14.4. The number of anilines is 1. The predicted molar refractivity (Wildman–Crippen MR) is 197 cm³/mol. The van der Waals surface area contributed by atoms with Gasteiger partial charge in [0.15, 0.2) is 0 Å². The number of ether oxygens (including phenoxy) is 6. The lowest BCUT2D eigenvalue weighted by molar-refractivity contribution is -0.0253. The average Bonchev–Trinajstić information content (AvgIpc) is 3.16. The van der Waals surface area contributed by atoms with Gasteiger partial charge in [-0.25, -0.2) is 8.42 Å².